The van der Waals surface area contributed by atoms with Crippen molar-refractivity contribution in [3.8, 4) is 0 Å². The summed E-state index contributed by atoms with van der Waals surface area (Å²) in [6.07, 6.45) is -7.48. The van der Waals surface area contributed by atoms with Crippen molar-refractivity contribution in [3.63, 3.8) is 0 Å². The zero-order valence-corrected chi connectivity index (χ0v) is 9.16. The van der Waals surface area contributed by atoms with Crippen LogP contribution in [0.4, 0.5) is 0 Å². The Hall–Kier alpha value is -0.900. The van der Waals surface area contributed by atoms with Gasteiger partial charge in [0.1, 0.15) is 11.6 Å². The maximum Gasteiger partial charge on any atom is 0.185 e. The number of Topliss-reactive ketones (excluding diaryl/α,β-unsaturated/α-hetero) is 1. The Morgan fingerprint density at radius 1 is 1.56 bits per heavy atom. The van der Waals surface area contributed by atoms with Crippen LogP contribution < -0.4 is 5.73 Å². The minimum atomic E-state index is -2.71. The number of hydrogen-bond acceptors (Lipinski definition) is 3. The Morgan fingerprint density at radius 3 is 2.94 bits per heavy atom. The van der Waals surface area contributed by atoms with Crippen LogP contribution in [-0.4, -0.2) is 17.0 Å². The fourth-order valence-corrected chi connectivity index (χ4v) is 1.97. The van der Waals surface area contributed by atoms with E-state index in [2.05, 4.69) is 0 Å². The van der Waals surface area contributed by atoms with Crippen LogP contribution >= 0.6 is 11.6 Å². The van der Waals surface area contributed by atoms with E-state index >= 15 is 0 Å². The maximum atomic E-state index is 12.3. The van der Waals surface area contributed by atoms with Gasteiger partial charge in [-0.25, -0.2) is 0 Å². The lowest BCUT2D eigenvalue weighted by atomic mass is 9.75. The van der Waals surface area contributed by atoms with Gasteiger partial charge < -0.3 is 10.8 Å². The lowest BCUT2D eigenvalue weighted by molar-refractivity contribution is -0.136. The van der Waals surface area contributed by atoms with E-state index in [0.717, 1.165) is 0 Å². The zero-order chi connectivity index (χ0) is 15.3. The standard InChI is InChI=1S/C12H14ClNO2/c13-9-5-2-1-4-8(9)12(14)7-3-6-10(15)11(12)16/h1-2,4-5,10,15H,3,6-7,14H2/i3D2,7D2. The summed E-state index contributed by atoms with van der Waals surface area (Å²) < 4.78 is 31.6. The van der Waals surface area contributed by atoms with Crippen LogP contribution in [0, 0.1) is 0 Å². The molecule has 0 aromatic heterocycles. The van der Waals surface area contributed by atoms with Crippen LogP contribution in [0.1, 0.15) is 30.2 Å². The highest BCUT2D eigenvalue weighted by Crippen LogP contribution is 2.35. The number of ketones is 1. The highest BCUT2D eigenvalue weighted by atomic mass is 35.5. The maximum absolute atomic E-state index is 12.3. The van der Waals surface area contributed by atoms with E-state index in [1.165, 1.54) is 18.2 Å². The molecule has 86 valence electrons. The Kier molecular flexibility index (Phi) is 1.93. The highest BCUT2D eigenvalue weighted by Gasteiger charge is 2.43. The third-order valence-corrected chi connectivity index (χ3v) is 2.90. The monoisotopic (exact) mass is 243 g/mol. The topological polar surface area (TPSA) is 63.3 Å². The molecule has 4 heteroatoms. The van der Waals surface area contributed by atoms with Crippen LogP contribution in [0.15, 0.2) is 24.3 Å². The summed E-state index contributed by atoms with van der Waals surface area (Å²) in [7, 11) is 0. The molecule has 2 rings (SSSR count). The van der Waals surface area contributed by atoms with E-state index in [1.807, 2.05) is 0 Å². The first-order valence-corrected chi connectivity index (χ1v) is 5.20. The van der Waals surface area contributed by atoms with Crippen molar-refractivity contribution in [1.82, 2.24) is 0 Å². The molecule has 0 saturated heterocycles. The van der Waals surface area contributed by atoms with Gasteiger partial charge in [-0.3, -0.25) is 4.79 Å². The van der Waals surface area contributed by atoms with Gasteiger partial charge in [-0.05, 0) is 30.8 Å². The van der Waals surface area contributed by atoms with Crippen LogP contribution in [-0.2, 0) is 10.3 Å². The van der Waals surface area contributed by atoms with Crippen molar-refractivity contribution in [2.45, 2.75) is 30.8 Å². The highest BCUT2D eigenvalue weighted by molar-refractivity contribution is 6.31. The molecule has 1 saturated carbocycles. The van der Waals surface area contributed by atoms with E-state index in [-0.39, 0.29) is 10.6 Å². The second-order valence-electron chi connectivity index (χ2n) is 3.67. The smallest absolute Gasteiger partial charge is 0.185 e. The van der Waals surface area contributed by atoms with Gasteiger partial charge in [-0.15, -0.1) is 0 Å². The van der Waals surface area contributed by atoms with E-state index in [4.69, 9.17) is 22.8 Å². The van der Waals surface area contributed by atoms with Gasteiger partial charge in [-0.1, -0.05) is 29.8 Å². The predicted octanol–water partition coefficient (Wildman–Crippen LogP) is 1.61. The van der Waals surface area contributed by atoms with Gasteiger partial charge in [-0.2, -0.15) is 0 Å². The van der Waals surface area contributed by atoms with E-state index < -0.39 is 36.6 Å². The quantitative estimate of drug-likeness (QED) is 0.788. The molecule has 2 unspecified atom stereocenters. The third-order valence-electron chi connectivity index (χ3n) is 2.57. The second-order valence-corrected chi connectivity index (χ2v) is 4.08. The summed E-state index contributed by atoms with van der Waals surface area (Å²) in [4.78, 5) is 12.3. The van der Waals surface area contributed by atoms with E-state index in [1.54, 1.807) is 6.07 Å². The third kappa shape index (κ3) is 1.75. The number of halogens is 1. The van der Waals surface area contributed by atoms with Crippen LogP contribution in [0.25, 0.3) is 0 Å². The lowest BCUT2D eigenvalue weighted by Crippen LogP contribution is -2.52. The molecule has 0 spiro atoms. The molecular formula is C12H14ClNO2. The van der Waals surface area contributed by atoms with Gasteiger partial charge in [0.15, 0.2) is 5.78 Å². The van der Waals surface area contributed by atoms with Crippen molar-refractivity contribution in [2.24, 2.45) is 5.73 Å². The molecule has 1 aliphatic rings. The molecular weight excluding hydrogens is 226 g/mol. The number of carbonyl (C=O) groups is 1. The largest absolute Gasteiger partial charge is 0.385 e. The van der Waals surface area contributed by atoms with Crippen LogP contribution in [0.3, 0.4) is 0 Å². The fourth-order valence-electron chi connectivity index (χ4n) is 1.69. The van der Waals surface area contributed by atoms with Crippen molar-refractivity contribution in [3.05, 3.63) is 34.9 Å². The Labute approximate surface area is 105 Å². The van der Waals surface area contributed by atoms with E-state index in [0.29, 0.717) is 0 Å². The molecule has 0 heterocycles. The number of rotatable bonds is 1. The van der Waals surface area contributed by atoms with Crippen molar-refractivity contribution >= 4 is 17.4 Å². The normalized spacial score (nSPS) is 40.4. The Balaban J connectivity index is 2.73. The number of aliphatic hydroxyl groups is 1. The van der Waals surface area contributed by atoms with Gasteiger partial charge in [0.2, 0.25) is 0 Å². The molecule has 16 heavy (non-hydrogen) atoms. The molecule has 1 aromatic rings. The van der Waals surface area contributed by atoms with Gasteiger partial charge in [0.25, 0.3) is 0 Å². The summed E-state index contributed by atoms with van der Waals surface area (Å²) in [6, 6.07) is 5.91. The molecule has 0 bridgehead atoms. The van der Waals surface area contributed by atoms with Crippen molar-refractivity contribution in [1.29, 1.82) is 0 Å². The molecule has 1 fully saturated rings. The molecule has 0 aliphatic heterocycles. The minimum Gasteiger partial charge on any atom is -0.385 e. The molecule has 0 radical (unpaired) electrons. The molecule has 1 aromatic carbocycles. The molecule has 3 nitrogen and oxygen atoms in total. The number of benzene rings is 1. The van der Waals surface area contributed by atoms with Gasteiger partial charge in [0, 0.05) is 10.5 Å². The molecule has 1 aliphatic carbocycles. The average molecular weight is 244 g/mol. The predicted molar refractivity (Wildman–Crippen MR) is 62.2 cm³/mol. The zero-order valence-electron chi connectivity index (χ0n) is 12.4. The Bertz CT molecular complexity index is 566. The van der Waals surface area contributed by atoms with Crippen molar-refractivity contribution in [2.75, 3.05) is 0 Å². The van der Waals surface area contributed by atoms with Gasteiger partial charge in [0.05, 0.1) is 0 Å². The molecule has 0 amide bonds. The number of carbonyl (C=O) groups excluding carboxylic acids is 1. The SMILES string of the molecule is [2H]C1([2H])CC(O)C(=O)C(N)(c2ccccc2Cl)C1([2H])[2H]. The summed E-state index contributed by atoms with van der Waals surface area (Å²) in [5.74, 6) is -0.967. The number of aliphatic hydroxyl groups excluding tert-OH is 1. The number of hydrogen-bond donors (Lipinski definition) is 2. The fraction of sp³-hybridized carbons (Fsp3) is 0.417. The van der Waals surface area contributed by atoms with Crippen molar-refractivity contribution < 1.29 is 15.4 Å². The lowest BCUT2D eigenvalue weighted by Gasteiger charge is -2.35. The van der Waals surface area contributed by atoms with Crippen LogP contribution in [0.5, 0.6) is 0 Å². The summed E-state index contributed by atoms with van der Waals surface area (Å²) >= 11 is 5.98. The first kappa shape index (κ1) is 7.43. The first-order valence-electron chi connectivity index (χ1n) is 6.82. The summed E-state index contributed by atoms with van der Waals surface area (Å²) in [5, 5.41) is 9.81. The molecule has 3 N–H and O–H groups in total. The number of nitrogens with two attached hydrogens (primary N) is 1. The van der Waals surface area contributed by atoms with Gasteiger partial charge >= 0.3 is 0 Å². The van der Waals surface area contributed by atoms with E-state index in [9.17, 15) is 9.90 Å². The average Bonchev–Trinajstić information content (AvgIpc) is 2.35. The van der Waals surface area contributed by atoms with Crippen LogP contribution in [0.2, 0.25) is 5.02 Å². The molecule has 2 atom stereocenters. The summed E-state index contributed by atoms with van der Waals surface area (Å²) in [6.45, 7) is 0. The Morgan fingerprint density at radius 2 is 2.25 bits per heavy atom. The summed E-state index contributed by atoms with van der Waals surface area (Å²) in [5.41, 5.74) is 3.59. The minimum absolute atomic E-state index is 0.0284. The first-order chi connectivity index (χ1) is 9.05. The second kappa shape index (κ2) is 4.17.